The summed E-state index contributed by atoms with van der Waals surface area (Å²) in [4.78, 5) is 18.0. The van der Waals surface area contributed by atoms with E-state index in [0.29, 0.717) is 31.3 Å². The van der Waals surface area contributed by atoms with Crippen molar-refractivity contribution >= 4 is 49.0 Å². The fourth-order valence-corrected chi connectivity index (χ4v) is 5.06. The molecule has 0 radical (unpaired) electrons. The molecule has 1 heterocycles. The first-order valence-corrected chi connectivity index (χ1v) is 13.8. The summed E-state index contributed by atoms with van der Waals surface area (Å²) in [6.45, 7) is -0.0694. The summed E-state index contributed by atoms with van der Waals surface area (Å²) in [7, 11) is 1.43. The number of hydrogen-bond acceptors (Lipinski definition) is 5. The third kappa shape index (κ3) is 5.95. The zero-order chi connectivity index (χ0) is 30.0. The highest BCUT2D eigenvalue weighted by Gasteiger charge is 2.31. The summed E-state index contributed by atoms with van der Waals surface area (Å²) in [6, 6.07) is 18.8. The molecule has 0 aliphatic heterocycles. The lowest BCUT2D eigenvalue weighted by molar-refractivity contribution is -0.137. The Morgan fingerprint density at radius 3 is 2.45 bits per heavy atom. The van der Waals surface area contributed by atoms with Crippen molar-refractivity contribution in [1.29, 1.82) is 0 Å². The average Bonchev–Trinajstić information content (AvgIpc) is 2.98. The lowest BCUT2D eigenvalue weighted by Gasteiger charge is -2.16. The van der Waals surface area contributed by atoms with E-state index in [0.717, 1.165) is 16.8 Å². The maximum Gasteiger partial charge on any atom is 0.416 e. The molecule has 0 saturated carbocycles. The number of halogens is 6. The Morgan fingerprint density at radius 1 is 0.976 bits per heavy atom. The minimum atomic E-state index is -4.59. The lowest BCUT2D eigenvalue weighted by Crippen LogP contribution is -2.20. The highest BCUT2D eigenvalue weighted by Crippen LogP contribution is 2.43. The molecule has 0 aliphatic carbocycles. The number of ether oxygens (including phenoxy) is 2. The Hall–Kier alpha value is -4.03. The van der Waals surface area contributed by atoms with Crippen LogP contribution in [0.3, 0.4) is 0 Å². The molecule has 0 saturated heterocycles. The third-order valence-corrected chi connectivity index (χ3v) is 8.36. The van der Waals surface area contributed by atoms with Crippen LogP contribution in [0.1, 0.15) is 16.7 Å². The van der Waals surface area contributed by atoms with E-state index in [9.17, 15) is 22.4 Å². The van der Waals surface area contributed by atoms with Gasteiger partial charge in [0.2, 0.25) is 0 Å². The second-order valence-corrected chi connectivity index (χ2v) is 10.5. The van der Waals surface area contributed by atoms with Crippen LogP contribution in [-0.4, -0.2) is 23.0 Å². The summed E-state index contributed by atoms with van der Waals surface area (Å²) in [5.74, 6) is 0.0818. The van der Waals surface area contributed by atoms with Gasteiger partial charge in [0, 0.05) is 21.2 Å². The van der Waals surface area contributed by atoms with E-state index in [1.54, 1.807) is 48.5 Å². The molecule has 0 unspecified atom stereocenters. The number of alkyl halides is 3. The summed E-state index contributed by atoms with van der Waals surface area (Å²) in [5, 5.41) is 4.58. The molecule has 12 heteroatoms. The number of nitrogens with zero attached hydrogens (tertiary/aromatic N) is 3. The van der Waals surface area contributed by atoms with Crippen molar-refractivity contribution in [2.75, 3.05) is 7.11 Å². The first-order valence-electron chi connectivity index (χ1n) is 12.2. The number of para-hydroxylation sites is 1. The summed E-state index contributed by atoms with van der Waals surface area (Å²) in [5.41, 5.74) is -0.315. The van der Waals surface area contributed by atoms with E-state index in [2.05, 4.69) is 41.9 Å². The van der Waals surface area contributed by atoms with Crippen LogP contribution in [0.15, 0.2) is 97.7 Å². The molecule has 5 rings (SSSR count). The van der Waals surface area contributed by atoms with Crippen LogP contribution in [0.25, 0.3) is 22.3 Å². The molecule has 4 aromatic carbocycles. The third-order valence-electron chi connectivity index (χ3n) is 6.22. The molecule has 214 valence electrons. The van der Waals surface area contributed by atoms with Crippen LogP contribution in [0, 0.1) is 5.82 Å². The molecule has 0 aliphatic rings. The van der Waals surface area contributed by atoms with Crippen molar-refractivity contribution in [3.63, 3.8) is 0 Å². The van der Waals surface area contributed by atoms with Gasteiger partial charge in [-0.3, -0.25) is 4.79 Å². The first kappa shape index (κ1) is 29.5. The Bertz CT molecular complexity index is 1890. The van der Waals surface area contributed by atoms with Gasteiger partial charge in [0.1, 0.15) is 12.4 Å². The van der Waals surface area contributed by atoms with E-state index < -0.39 is 23.1 Å². The quantitative estimate of drug-likeness (QED) is 0.127. The van der Waals surface area contributed by atoms with Crippen molar-refractivity contribution in [2.45, 2.75) is 12.8 Å². The average molecular weight is 705 g/mol. The fourth-order valence-electron chi connectivity index (χ4n) is 4.12. The van der Waals surface area contributed by atoms with E-state index in [4.69, 9.17) is 9.47 Å². The molecular weight excluding hydrogens is 686 g/mol. The molecule has 0 N–H and O–H groups in total. The number of methoxy groups -OCH3 is 1. The van der Waals surface area contributed by atoms with Gasteiger partial charge in [0.25, 0.3) is 5.56 Å². The number of rotatable bonds is 7. The minimum absolute atomic E-state index is 0.0551. The molecule has 6 nitrogen and oxygen atoms in total. The van der Waals surface area contributed by atoms with Crippen molar-refractivity contribution in [2.24, 2.45) is 5.10 Å². The second kappa shape index (κ2) is 12.1. The van der Waals surface area contributed by atoms with Crippen LogP contribution >= 0.6 is 31.9 Å². The Balaban J connectivity index is 1.59. The molecular formula is C30H19Br2F4N3O3. The molecule has 0 spiro atoms. The minimum Gasteiger partial charge on any atom is -0.493 e. The van der Waals surface area contributed by atoms with E-state index in [-0.39, 0.29) is 29.1 Å². The largest absolute Gasteiger partial charge is 0.493 e. The zero-order valence-electron chi connectivity index (χ0n) is 21.6. The number of hydrogen-bond donors (Lipinski definition) is 0. The standard InChI is InChI=1S/C30H19Br2F4N3O3/c1-41-24-14-19(25(31)26(32)27(24)42-16-18-7-2-4-11-22(18)33)15-37-39-28(17-8-6-9-20(13-17)30(34,35)36)38-23-12-5-3-10-21(23)29(39)40/h2-15H,16H2,1H3. The zero-order valence-corrected chi connectivity index (χ0v) is 24.8. The predicted molar refractivity (Wildman–Crippen MR) is 159 cm³/mol. The second-order valence-electron chi connectivity index (χ2n) is 8.90. The molecule has 0 amide bonds. The highest BCUT2D eigenvalue weighted by molar-refractivity contribution is 9.13. The van der Waals surface area contributed by atoms with Gasteiger partial charge in [0.05, 0.1) is 34.3 Å². The van der Waals surface area contributed by atoms with Crippen molar-refractivity contribution in [3.8, 4) is 22.9 Å². The van der Waals surface area contributed by atoms with E-state index in [1.165, 1.54) is 31.5 Å². The molecule has 0 atom stereocenters. The van der Waals surface area contributed by atoms with Crippen molar-refractivity contribution in [3.05, 3.63) is 121 Å². The van der Waals surface area contributed by atoms with Gasteiger partial charge < -0.3 is 9.47 Å². The number of aromatic nitrogens is 2. The van der Waals surface area contributed by atoms with Gasteiger partial charge >= 0.3 is 6.18 Å². The van der Waals surface area contributed by atoms with Gasteiger partial charge in [0.15, 0.2) is 17.3 Å². The van der Waals surface area contributed by atoms with Crippen molar-refractivity contribution < 1.29 is 27.0 Å². The Kier molecular flexibility index (Phi) is 8.46. The molecule has 5 aromatic rings. The first-order chi connectivity index (χ1) is 20.1. The van der Waals surface area contributed by atoms with Gasteiger partial charge in [-0.05, 0) is 68.3 Å². The van der Waals surface area contributed by atoms with Crippen molar-refractivity contribution in [1.82, 2.24) is 9.66 Å². The summed E-state index contributed by atoms with van der Waals surface area (Å²) < 4.78 is 67.7. The normalized spacial score (nSPS) is 11.8. The number of fused-ring (bicyclic) bond motifs is 1. The highest BCUT2D eigenvalue weighted by atomic mass is 79.9. The Labute approximate surface area is 253 Å². The monoisotopic (exact) mass is 703 g/mol. The van der Waals surface area contributed by atoms with Crippen LogP contribution in [0.2, 0.25) is 0 Å². The van der Waals surface area contributed by atoms with E-state index >= 15 is 0 Å². The molecule has 42 heavy (non-hydrogen) atoms. The molecule has 1 aromatic heterocycles. The SMILES string of the molecule is COc1cc(C=Nn2c(-c3cccc(C(F)(F)F)c3)nc3ccccc3c2=O)c(Br)c(Br)c1OCc1ccccc1F. The lowest BCUT2D eigenvalue weighted by atomic mass is 10.1. The van der Waals surface area contributed by atoms with Gasteiger partial charge in [-0.1, -0.05) is 42.5 Å². The summed E-state index contributed by atoms with van der Waals surface area (Å²) in [6.07, 6.45) is -3.25. The maximum atomic E-state index is 14.1. The smallest absolute Gasteiger partial charge is 0.416 e. The predicted octanol–water partition coefficient (Wildman–Crippen LogP) is 8.22. The van der Waals surface area contributed by atoms with Crippen LogP contribution < -0.4 is 15.0 Å². The van der Waals surface area contributed by atoms with Crippen LogP contribution in [0.5, 0.6) is 11.5 Å². The number of benzene rings is 4. The summed E-state index contributed by atoms with van der Waals surface area (Å²) >= 11 is 6.96. The van der Waals surface area contributed by atoms with Gasteiger partial charge in [-0.15, -0.1) is 0 Å². The fraction of sp³-hybridized carbons (Fsp3) is 0.100. The van der Waals surface area contributed by atoms with E-state index in [1.807, 2.05) is 0 Å². The Morgan fingerprint density at radius 2 is 1.71 bits per heavy atom. The van der Waals surface area contributed by atoms with Gasteiger partial charge in [-0.2, -0.15) is 22.9 Å². The van der Waals surface area contributed by atoms with Gasteiger partial charge in [-0.25, -0.2) is 9.37 Å². The van der Waals surface area contributed by atoms with Crippen LogP contribution in [-0.2, 0) is 12.8 Å². The molecule has 0 fully saturated rings. The van der Waals surface area contributed by atoms with Crippen LogP contribution in [0.4, 0.5) is 17.6 Å². The topological polar surface area (TPSA) is 65.7 Å². The maximum absolute atomic E-state index is 14.1. The molecule has 0 bridgehead atoms.